The lowest BCUT2D eigenvalue weighted by atomic mass is 9.99. The maximum absolute atomic E-state index is 13.8. The average Bonchev–Trinajstić information content (AvgIpc) is 3.11. The summed E-state index contributed by atoms with van der Waals surface area (Å²) in [5, 5.41) is 14.4. The number of carbonyl (C=O) groups is 1. The van der Waals surface area contributed by atoms with Crippen molar-refractivity contribution in [3.05, 3.63) is 59.2 Å². The highest BCUT2D eigenvalue weighted by molar-refractivity contribution is 6.05. The SMILES string of the molecule is CCc1ccc(C2=NN(C(=O)c3ccc(OC)c(OC)c3)[C@@](O)(C(F)(F)F)C2)cc1. The van der Waals surface area contributed by atoms with Crippen molar-refractivity contribution in [2.45, 2.75) is 31.7 Å². The number of alkyl halides is 3. The number of aryl methyl sites for hydroxylation is 1. The van der Waals surface area contributed by atoms with E-state index in [9.17, 15) is 23.1 Å². The highest BCUT2D eigenvalue weighted by Crippen LogP contribution is 2.42. The third-order valence-electron chi connectivity index (χ3n) is 4.96. The minimum absolute atomic E-state index is 0.0358. The molecule has 0 saturated heterocycles. The standard InChI is InChI=1S/C21H21F3N2O4/c1-4-13-5-7-14(8-6-13)16-12-20(28,21(22,23)24)26(25-16)19(27)15-9-10-17(29-2)18(11-15)30-3/h5-11,28H,4,12H2,1-3H3/t20-/m0/s1. The van der Waals surface area contributed by atoms with Crippen molar-refractivity contribution in [2.75, 3.05) is 14.2 Å². The van der Waals surface area contributed by atoms with Gasteiger partial charge in [0.2, 0.25) is 0 Å². The lowest BCUT2D eigenvalue weighted by molar-refractivity contribution is -0.297. The van der Waals surface area contributed by atoms with Crippen molar-refractivity contribution in [3.8, 4) is 11.5 Å². The van der Waals surface area contributed by atoms with Gasteiger partial charge in [-0.2, -0.15) is 23.3 Å². The number of nitrogens with zero attached hydrogens (tertiary/aromatic N) is 2. The largest absolute Gasteiger partial charge is 0.493 e. The van der Waals surface area contributed by atoms with Gasteiger partial charge in [0.25, 0.3) is 11.6 Å². The van der Waals surface area contributed by atoms with E-state index >= 15 is 0 Å². The molecule has 0 saturated carbocycles. The summed E-state index contributed by atoms with van der Waals surface area (Å²) < 4.78 is 51.5. The van der Waals surface area contributed by atoms with Gasteiger partial charge >= 0.3 is 6.18 Å². The van der Waals surface area contributed by atoms with Crippen molar-refractivity contribution in [1.29, 1.82) is 0 Å². The average molecular weight is 422 g/mol. The fourth-order valence-corrected chi connectivity index (χ4v) is 3.17. The fraction of sp³-hybridized carbons (Fsp3) is 0.333. The number of hydrogen-bond donors (Lipinski definition) is 1. The molecule has 0 radical (unpaired) electrons. The quantitative estimate of drug-likeness (QED) is 0.797. The van der Waals surface area contributed by atoms with Crippen LogP contribution in [0.25, 0.3) is 0 Å². The van der Waals surface area contributed by atoms with Crippen LogP contribution >= 0.6 is 0 Å². The van der Waals surface area contributed by atoms with E-state index in [2.05, 4.69) is 5.10 Å². The Morgan fingerprint density at radius 2 is 1.77 bits per heavy atom. The summed E-state index contributed by atoms with van der Waals surface area (Å²) in [7, 11) is 2.73. The molecule has 0 unspecified atom stereocenters. The van der Waals surface area contributed by atoms with Gasteiger partial charge in [0, 0.05) is 5.56 Å². The molecule has 0 spiro atoms. The molecule has 9 heteroatoms. The predicted molar refractivity (Wildman–Crippen MR) is 104 cm³/mol. The van der Waals surface area contributed by atoms with Gasteiger partial charge < -0.3 is 14.6 Å². The van der Waals surface area contributed by atoms with E-state index in [1.54, 1.807) is 24.3 Å². The number of benzene rings is 2. The van der Waals surface area contributed by atoms with Crippen molar-refractivity contribution in [2.24, 2.45) is 5.10 Å². The molecule has 0 aromatic heterocycles. The number of hydrogen-bond acceptors (Lipinski definition) is 5. The number of ether oxygens (including phenoxy) is 2. The van der Waals surface area contributed by atoms with E-state index in [1.165, 1.54) is 32.4 Å². The summed E-state index contributed by atoms with van der Waals surface area (Å²) in [6, 6.07) is 10.7. The van der Waals surface area contributed by atoms with Crippen LogP contribution in [0.4, 0.5) is 13.2 Å². The Balaban J connectivity index is 2.03. The van der Waals surface area contributed by atoms with E-state index < -0.39 is 24.2 Å². The molecule has 1 aliphatic rings. The van der Waals surface area contributed by atoms with Crippen LogP contribution in [0, 0.1) is 0 Å². The Labute approximate surface area is 171 Å². The van der Waals surface area contributed by atoms with Crippen LogP contribution in [0.5, 0.6) is 11.5 Å². The third-order valence-corrected chi connectivity index (χ3v) is 4.96. The van der Waals surface area contributed by atoms with Gasteiger partial charge in [0.15, 0.2) is 11.5 Å². The van der Waals surface area contributed by atoms with E-state index in [4.69, 9.17) is 9.47 Å². The summed E-state index contributed by atoms with van der Waals surface area (Å²) in [6.07, 6.45) is -5.22. The molecule has 2 aromatic rings. The Morgan fingerprint density at radius 1 is 1.13 bits per heavy atom. The fourth-order valence-electron chi connectivity index (χ4n) is 3.17. The second-order valence-electron chi connectivity index (χ2n) is 6.78. The third kappa shape index (κ3) is 3.72. The Hall–Kier alpha value is -3.07. The maximum Gasteiger partial charge on any atom is 0.438 e. The van der Waals surface area contributed by atoms with Crippen LogP contribution in [0.1, 0.15) is 34.8 Å². The first-order chi connectivity index (χ1) is 14.1. The Bertz CT molecular complexity index is 973. The zero-order valence-corrected chi connectivity index (χ0v) is 16.7. The summed E-state index contributed by atoms with van der Waals surface area (Å²) >= 11 is 0. The van der Waals surface area contributed by atoms with Crippen LogP contribution < -0.4 is 9.47 Å². The number of carbonyl (C=O) groups excluding carboxylic acids is 1. The molecule has 6 nitrogen and oxygen atoms in total. The number of methoxy groups -OCH3 is 2. The zero-order chi connectivity index (χ0) is 22.1. The van der Waals surface area contributed by atoms with Crippen molar-refractivity contribution < 1.29 is 32.5 Å². The lowest BCUT2D eigenvalue weighted by Gasteiger charge is -2.32. The summed E-state index contributed by atoms with van der Waals surface area (Å²) in [5.41, 5.74) is -2.23. The van der Waals surface area contributed by atoms with E-state index in [0.29, 0.717) is 11.3 Å². The van der Waals surface area contributed by atoms with Gasteiger partial charge in [-0.15, -0.1) is 0 Å². The molecule has 1 aliphatic heterocycles. The first-order valence-electron chi connectivity index (χ1n) is 9.17. The maximum atomic E-state index is 13.8. The molecule has 0 aliphatic carbocycles. The predicted octanol–water partition coefficient (Wildman–Crippen LogP) is 3.77. The van der Waals surface area contributed by atoms with Crippen LogP contribution in [-0.4, -0.2) is 47.9 Å². The van der Waals surface area contributed by atoms with Gasteiger partial charge in [0.05, 0.1) is 26.4 Å². The molecule has 1 amide bonds. The number of rotatable bonds is 5. The summed E-state index contributed by atoms with van der Waals surface area (Å²) in [5.74, 6) is -0.643. The molecule has 1 N–H and O–H groups in total. The van der Waals surface area contributed by atoms with Crippen LogP contribution in [0.3, 0.4) is 0 Å². The molecule has 0 bridgehead atoms. The molecule has 160 valence electrons. The monoisotopic (exact) mass is 422 g/mol. The summed E-state index contributed by atoms with van der Waals surface area (Å²) in [4.78, 5) is 12.9. The molecule has 1 heterocycles. The Morgan fingerprint density at radius 3 is 2.30 bits per heavy atom. The van der Waals surface area contributed by atoms with E-state index in [0.717, 1.165) is 12.0 Å². The molecule has 0 fully saturated rings. The van der Waals surface area contributed by atoms with Crippen molar-refractivity contribution in [1.82, 2.24) is 5.01 Å². The number of hydrazone groups is 1. The van der Waals surface area contributed by atoms with Gasteiger partial charge in [-0.1, -0.05) is 31.2 Å². The minimum atomic E-state index is -5.12. The molecule has 2 aromatic carbocycles. The zero-order valence-electron chi connectivity index (χ0n) is 16.7. The van der Waals surface area contributed by atoms with Crippen LogP contribution in [-0.2, 0) is 6.42 Å². The molecule has 1 atom stereocenters. The van der Waals surface area contributed by atoms with Crippen molar-refractivity contribution in [3.63, 3.8) is 0 Å². The second-order valence-corrected chi connectivity index (χ2v) is 6.78. The lowest BCUT2D eigenvalue weighted by Crippen LogP contribution is -2.56. The van der Waals surface area contributed by atoms with Crippen molar-refractivity contribution >= 4 is 11.6 Å². The van der Waals surface area contributed by atoms with E-state index in [1.807, 2.05) is 6.92 Å². The molecular formula is C21H21F3N2O4. The van der Waals surface area contributed by atoms with Gasteiger partial charge in [0.1, 0.15) is 0 Å². The topological polar surface area (TPSA) is 71.4 Å². The normalized spacial score (nSPS) is 18.9. The molecular weight excluding hydrogens is 401 g/mol. The molecule has 3 rings (SSSR count). The number of amides is 1. The highest BCUT2D eigenvalue weighted by atomic mass is 19.4. The molecule has 30 heavy (non-hydrogen) atoms. The number of halogens is 3. The second kappa shape index (κ2) is 7.98. The summed E-state index contributed by atoms with van der Waals surface area (Å²) in [6.45, 7) is 1.95. The Kier molecular flexibility index (Phi) is 5.76. The first kappa shape index (κ1) is 21.6. The first-order valence-corrected chi connectivity index (χ1v) is 9.17. The number of aliphatic hydroxyl groups is 1. The van der Waals surface area contributed by atoms with E-state index in [-0.39, 0.29) is 22.0 Å². The van der Waals surface area contributed by atoms with Gasteiger partial charge in [-0.3, -0.25) is 4.79 Å². The van der Waals surface area contributed by atoms with Crippen LogP contribution in [0.2, 0.25) is 0 Å². The highest BCUT2D eigenvalue weighted by Gasteiger charge is 2.63. The smallest absolute Gasteiger partial charge is 0.438 e. The van der Waals surface area contributed by atoms with Gasteiger partial charge in [-0.05, 0) is 35.7 Å². The van der Waals surface area contributed by atoms with Crippen LogP contribution in [0.15, 0.2) is 47.6 Å². The van der Waals surface area contributed by atoms with Gasteiger partial charge in [-0.25, -0.2) is 0 Å². The minimum Gasteiger partial charge on any atom is -0.493 e.